The summed E-state index contributed by atoms with van der Waals surface area (Å²) in [5.41, 5.74) is 1.31. The molecule has 84 valence electrons. The molecule has 1 aliphatic rings. The Balaban J connectivity index is 2.12. The topological polar surface area (TPSA) is 40.3 Å². The number of nitrogens with zero attached hydrogens (tertiary/aromatic N) is 1. The van der Waals surface area contributed by atoms with Crippen molar-refractivity contribution in [2.45, 2.75) is 12.1 Å². The van der Waals surface area contributed by atoms with E-state index >= 15 is 0 Å². The fourth-order valence-corrected chi connectivity index (χ4v) is 2.20. The Kier molecular flexibility index (Phi) is 3.41. The molecule has 2 unspecified atom stereocenters. The van der Waals surface area contributed by atoms with Gasteiger partial charge in [0.1, 0.15) is 0 Å². The molecule has 0 aromatic carbocycles. The zero-order valence-corrected chi connectivity index (χ0v) is 9.36. The molecule has 2 atom stereocenters. The molecule has 0 bridgehead atoms. The molecule has 2 heterocycles. The first-order chi connectivity index (χ1) is 7.29. The summed E-state index contributed by atoms with van der Waals surface area (Å²) < 4.78 is 5.51. The second kappa shape index (κ2) is 4.79. The highest BCUT2D eigenvalue weighted by Crippen LogP contribution is 2.22. The molecule has 0 amide bonds. The first kappa shape index (κ1) is 10.7. The Morgan fingerprint density at radius 2 is 2.40 bits per heavy atom. The predicted octanol–water partition coefficient (Wildman–Crippen LogP) is 0.606. The van der Waals surface area contributed by atoms with Gasteiger partial charge in [-0.2, -0.15) is 0 Å². The molecule has 2 N–H and O–H groups in total. The molecule has 15 heavy (non-hydrogen) atoms. The summed E-state index contributed by atoms with van der Waals surface area (Å²) in [5, 5.41) is 3.51. The maximum Gasteiger partial charge on any atom is 0.0639 e. The van der Waals surface area contributed by atoms with Gasteiger partial charge in [-0.05, 0) is 25.7 Å². The van der Waals surface area contributed by atoms with Gasteiger partial charge in [-0.1, -0.05) is 0 Å². The number of nitrogens with one attached hydrogen (secondary N) is 2. The highest BCUT2D eigenvalue weighted by Gasteiger charge is 2.27. The van der Waals surface area contributed by atoms with Crippen LogP contribution in [0.2, 0.25) is 0 Å². The van der Waals surface area contributed by atoms with Gasteiger partial charge in [-0.3, -0.25) is 0 Å². The number of morpholine rings is 1. The first-order valence-electron chi connectivity index (χ1n) is 5.39. The van der Waals surface area contributed by atoms with Crippen LogP contribution in [-0.4, -0.2) is 49.8 Å². The Hall–Kier alpha value is -0.840. The number of aromatic amines is 1. The van der Waals surface area contributed by atoms with Gasteiger partial charge in [-0.15, -0.1) is 0 Å². The first-order valence-corrected chi connectivity index (χ1v) is 5.39. The van der Waals surface area contributed by atoms with E-state index in [1.54, 1.807) is 0 Å². The number of ether oxygens (including phenoxy) is 1. The third kappa shape index (κ3) is 2.40. The molecule has 1 aliphatic heterocycles. The van der Waals surface area contributed by atoms with Crippen molar-refractivity contribution in [1.82, 2.24) is 15.2 Å². The zero-order chi connectivity index (χ0) is 10.7. The van der Waals surface area contributed by atoms with E-state index < -0.39 is 0 Å². The van der Waals surface area contributed by atoms with E-state index in [9.17, 15) is 0 Å². The van der Waals surface area contributed by atoms with Crippen molar-refractivity contribution in [2.75, 3.05) is 33.9 Å². The normalized spacial score (nSPS) is 24.3. The molecule has 4 heteroatoms. The summed E-state index contributed by atoms with van der Waals surface area (Å²) in [6.45, 7) is 2.55. The monoisotopic (exact) mass is 209 g/mol. The SMILES string of the molecule is CN(C)C(c1cc[nH]c1)C1COCCN1. The molecule has 1 saturated heterocycles. The van der Waals surface area contributed by atoms with Crippen molar-refractivity contribution in [3.05, 3.63) is 24.0 Å². The van der Waals surface area contributed by atoms with Crippen LogP contribution in [0.5, 0.6) is 0 Å². The molecular formula is C11H19N3O. The predicted molar refractivity (Wildman–Crippen MR) is 59.8 cm³/mol. The Morgan fingerprint density at radius 1 is 1.53 bits per heavy atom. The van der Waals surface area contributed by atoms with Gasteiger partial charge >= 0.3 is 0 Å². The van der Waals surface area contributed by atoms with Crippen molar-refractivity contribution in [3.63, 3.8) is 0 Å². The quantitative estimate of drug-likeness (QED) is 0.766. The van der Waals surface area contributed by atoms with Crippen LogP contribution in [0.4, 0.5) is 0 Å². The van der Waals surface area contributed by atoms with Crippen LogP contribution < -0.4 is 5.32 Å². The van der Waals surface area contributed by atoms with Crippen LogP contribution in [0.3, 0.4) is 0 Å². The highest BCUT2D eigenvalue weighted by atomic mass is 16.5. The number of aromatic nitrogens is 1. The lowest BCUT2D eigenvalue weighted by atomic mass is 10.0. The van der Waals surface area contributed by atoms with E-state index in [2.05, 4.69) is 41.6 Å². The van der Waals surface area contributed by atoms with Crippen LogP contribution in [0.15, 0.2) is 18.5 Å². The molecule has 2 rings (SSSR count). The lowest BCUT2D eigenvalue weighted by Crippen LogP contribution is -2.48. The zero-order valence-electron chi connectivity index (χ0n) is 9.36. The minimum Gasteiger partial charge on any atom is -0.378 e. The maximum atomic E-state index is 5.51. The molecule has 0 saturated carbocycles. The largest absolute Gasteiger partial charge is 0.378 e. The van der Waals surface area contributed by atoms with Crippen LogP contribution in [0.25, 0.3) is 0 Å². The van der Waals surface area contributed by atoms with Gasteiger partial charge in [0.25, 0.3) is 0 Å². The summed E-state index contributed by atoms with van der Waals surface area (Å²) in [7, 11) is 4.21. The molecule has 0 spiro atoms. The van der Waals surface area contributed by atoms with E-state index in [4.69, 9.17) is 4.74 Å². The number of rotatable bonds is 3. The Labute approximate surface area is 90.6 Å². The Bertz CT molecular complexity index is 278. The van der Waals surface area contributed by atoms with Crippen molar-refractivity contribution < 1.29 is 4.74 Å². The molecule has 4 nitrogen and oxygen atoms in total. The van der Waals surface area contributed by atoms with Gasteiger partial charge in [0.05, 0.1) is 25.3 Å². The molecule has 1 fully saturated rings. The summed E-state index contributed by atoms with van der Waals surface area (Å²) in [4.78, 5) is 5.34. The minimum absolute atomic E-state index is 0.372. The summed E-state index contributed by atoms with van der Waals surface area (Å²) >= 11 is 0. The van der Waals surface area contributed by atoms with Gasteiger partial charge in [-0.25, -0.2) is 0 Å². The Morgan fingerprint density at radius 3 is 2.93 bits per heavy atom. The van der Waals surface area contributed by atoms with Crippen molar-refractivity contribution >= 4 is 0 Å². The number of hydrogen-bond acceptors (Lipinski definition) is 3. The van der Waals surface area contributed by atoms with Crippen LogP contribution in [0.1, 0.15) is 11.6 Å². The summed E-state index contributed by atoms with van der Waals surface area (Å²) in [6, 6.07) is 2.88. The average Bonchev–Trinajstić information content (AvgIpc) is 2.72. The van der Waals surface area contributed by atoms with Gasteiger partial charge in [0, 0.05) is 18.9 Å². The van der Waals surface area contributed by atoms with Crippen LogP contribution in [0, 0.1) is 0 Å². The third-order valence-corrected chi connectivity index (χ3v) is 2.85. The number of H-pyrrole nitrogens is 1. The summed E-state index contributed by atoms with van der Waals surface area (Å²) in [6.07, 6.45) is 4.02. The van der Waals surface area contributed by atoms with E-state index in [1.807, 2.05) is 6.20 Å². The van der Waals surface area contributed by atoms with Crippen molar-refractivity contribution in [1.29, 1.82) is 0 Å². The number of hydrogen-bond donors (Lipinski definition) is 2. The van der Waals surface area contributed by atoms with E-state index in [1.165, 1.54) is 5.56 Å². The minimum atomic E-state index is 0.372. The van der Waals surface area contributed by atoms with Gasteiger partial charge in [0.15, 0.2) is 0 Å². The van der Waals surface area contributed by atoms with Crippen LogP contribution >= 0.6 is 0 Å². The number of likely N-dealkylation sites (N-methyl/N-ethyl adjacent to an activating group) is 1. The molecule has 1 aromatic heterocycles. The van der Waals surface area contributed by atoms with E-state index in [0.29, 0.717) is 12.1 Å². The second-order valence-corrected chi connectivity index (χ2v) is 4.19. The van der Waals surface area contributed by atoms with Crippen LogP contribution in [-0.2, 0) is 4.74 Å². The van der Waals surface area contributed by atoms with Gasteiger partial charge in [0.2, 0.25) is 0 Å². The fraction of sp³-hybridized carbons (Fsp3) is 0.636. The fourth-order valence-electron chi connectivity index (χ4n) is 2.20. The lowest BCUT2D eigenvalue weighted by Gasteiger charge is -2.35. The molecular weight excluding hydrogens is 190 g/mol. The smallest absolute Gasteiger partial charge is 0.0639 e. The lowest BCUT2D eigenvalue weighted by molar-refractivity contribution is 0.0460. The molecule has 0 radical (unpaired) electrons. The maximum absolute atomic E-state index is 5.51. The third-order valence-electron chi connectivity index (χ3n) is 2.85. The standard InChI is InChI=1S/C11H19N3O/c1-14(2)11(9-3-4-12-7-9)10-8-15-6-5-13-10/h3-4,7,10-13H,5-6,8H2,1-2H3. The van der Waals surface area contributed by atoms with E-state index in [-0.39, 0.29) is 0 Å². The van der Waals surface area contributed by atoms with Crippen molar-refractivity contribution in [2.24, 2.45) is 0 Å². The summed E-state index contributed by atoms with van der Waals surface area (Å²) in [5.74, 6) is 0. The highest BCUT2D eigenvalue weighted by molar-refractivity contribution is 5.16. The van der Waals surface area contributed by atoms with E-state index in [0.717, 1.165) is 19.8 Å². The van der Waals surface area contributed by atoms with Crippen molar-refractivity contribution in [3.8, 4) is 0 Å². The second-order valence-electron chi connectivity index (χ2n) is 4.19. The average molecular weight is 209 g/mol. The molecule has 0 aliphatic carbocycles. The van der Waals surface area contributed by atoms with Gasteiger partial charge < -0.3 is 19.9 Å². The molecule has 1 aromatic rings.